The van der Waals surface area contributed by atoms with Crippen LogP contribution in [0.25, 0.3) is 0 Å². The normalized spacial score (nSPS) is 20.7. The van der Waals surface area contributed by atoms with Crippen LogP contribution in [0.3, 0.4) is 0 Å². The van der Waals surface area contributed by atoms with Gasteiger partial charge in [0, 0.05) is 6.42 Å². The van der Waals surface area contributed by atoms with E-state index in [1.165, 1.54) is 6.07 Å². The maximum atomic E-state index is 12.9. The van der Waals surface area contributed by atoms with Crippen molar-refractivity contribution in [1.29, 1.82) is 0 Å². The molecular formula is C12H15ClF2N2O2. The van der Waals surface area contributed by atoms with Crippen LogP contribution in [-0.2, 0) is 4.79 Å². The van der Waals surface area contributed by atoms with Crippen LogP contribution in [0.1, 0.15) is 12.0 Å². The molecule has 1 heterocycles. The first kappa shape index (κ1) is 15.7. The summed E-state index contributed by atoms with van der Waals surface area (Å²) in [6.45, 7) is 1.31. The Morgan fingerprint density at radius 3 is 2.79 bits per heavy atom. The molecule has 0 radical (unpaired) electrons. The molecule has 0 bridgehead atoms. The van der Waals surface area contributed by atoms with Crippen LogP contribution in [0.4, 0.5) is 14.5 Å². The topological polar surface area (TPSA) is 61.4 Å². The van der Waals surface area contributed by atoms with E-state index in [1.807, 2.05) is 0 Å². The van der Waals surface area contributed by atoms with Gasteiger partial charge in [-0.2, -0.15) is 0 Å². The number of phenolic OH excluding ortho intramolecular Hbond substituents is 1. The molecule has 1 aliphatic heterocycles. The number of halogens is 3. The van der Waals surface area contributed by atoms with Gasteiger partial charge in [-0.05, 0) is 24.6 Å². The number of carbonyl (C=O) groups is 1. The molecule has 0 aliphatic carbocycles. The first-order valence-electron chi connectivity index (χ1n) is 5.59. The molecule has 1 aliphatic rings. The number of alkyl halides is 2. The van der Waals surface area contributed by atoms with Crippen LogP contribution in [0.15, 0.2) is 18.2 Å². The zero-order valence-corrected chi connectivity index (χ0v) is 11.1. The second kappa shape index (κ2) is 5.71. The lowest BCUT2D eigenvalue weighted by Crippen LogP contribution is -2.35. The van der Waals surface area contributed by atoms with E-state index in [4.69, 9.17) is 0 Å². The Morgan fingerprint density at radius 2 is 2.21 bits per heavy atom. The standard InChI is InChI=1S/C12H14F2N2O2.ClH/c1-7-2-3-10(17)8(4-7)16-11(18)9-5-12(13,14)6-15-9;/h2-4,9,15,17H,5-6H2,1H3,(H,16,18);1H. The Kier molecular flexibility index (Phi) is 4.70. The van der Waals surface area contributed by atoms with Crippen LogP contribution in [-0.4, -0.2) is 29.5 Å². The summed E-state index contributed by atoms with van der Waals surface area (Å²) in [5.74, 6) is -3.50. The van der Waals surface area contributed by atoms with Gasteiger partial charge >= 0.3 is 0 Å². The first-order chi connectivity index (χ1) is 8.37. The average Bonchev–Trinajstić information content (AvgIpc) is 2.64. The highest BCUT2D eigenvalue weighted by Crippen LogP contribution is 2.28. The number of nitrogens with one attached hydrogen (secondary N) is 2. The van der Waals surface area contributed by atoms with Gasteiger partial charge in [-0.15, -0.1) is 12.4 Å². The Labute approximate surface area is 115 Å². The fourth-order valence-electron chi connectivity index (χ4n) is 1.87. The number of amides is 1. The smallest absolute Gasteiger partial charge is 0.262 e. The summed E-state index contributed by atoms with van der Waals surface area (Å²) in [6, 6.07) is 3.79. The molecular weight excluding hydrogens is 278 g/mol. The van der Waals surface area contributed by atoms with Gasteiger partial charge in [0.25, 0.3) is 5.92 Å². The zero-order valence-electron chi connectivity index (χ0n) is 10.2. The van der Waals surface area contributed by atoms with E-state index in [9.17, 15) is 18.7 Å². The molecule has 0 spiro atoms. The fraction of sp³-hybridized carbons (Fsp3) is 0.417. The van der Waals surface area contributed by atoms with Crippen molar-refractivity contribution in [2.45, 2.75) is 25.3 Å². The number of rotatable bonds is 2. The number of hydrogen-bond donors (Lipinski definition) is 3. The number of anilines is 1. The van der Waals surface area contributed by atoms with Crippen LogP contribution >= 0.6 is 12.4 Å². The number of aromatic hydroxyl groups is 1. The van der Waals surface area contributed by atoms with Crippen LogP contribution in [0.5, 0.6) is 5.75 Å². The summed E-state index contributed by atoms with van der Waals surface area (Å²) in [6.07, 6.45) is -0.522. The van der Waals surface area contributed by atoms with Crippen molar-refractivity contribution in [3.8, 4) is 5.75 Å². The lowest BCUT2D eigenvalue weighted by molar-refractivity contribution is -0.118. The first-order valence-corrected chi connectivity index (χ1v) is 5.59. The highest BCUT2D eigenvalue weighted by atomic mass is 35.5. The third-order valence-corrected chi connectivity index (χ3v) is 2.84. The van der Waals surface area contributed by atoms with Gasteiger partial charge in [0.1, 0.15) is 5.75 Å². The molecule has 1 aromatic rings. The minimum Gasteiger partial charge on any atom is -0.506 e. The van der Waals surface area contributed by atoms with Gasteiger partial charge in [-0.25, -0.2) is 8.78 Å². The van der Waals surface area contributed by atoms with Gasteiger partial charge in [0.2, 0.25) is 5.91 Å². The fourth-order valence-corrected chi connectivity index (χ4v) is 1.87. The Balaban J connectivity index is 0.00000180. The summed E-state index contributed by atoms with van der Waals surface area (Å²) in [4.78, 5) is 11.7. The van der Waals surface area contributed by atoms with E-state index >= 15 is 0 Å². The molecule has 3 N–H and O–H groups in total. The number of benzene rings is 1. The number of hydrogen-bond acceptors (Lipinski definition) is 3. The second-order valence-corrected chi connectivity index (χ2v) is 4.50. The van der Waals surface area contributed by atoms with Gasteiger partial charge < -0.3 is 10.4 Å². The highest BCUT2D eigenvalue weighted by molar-refractivity contribution is 5.96. The number of phenols is 1. The molecule has 1 saturated heterocycles. The van der Waals surface area contributed by atoms with Crippen molar-refractivity contribution in [2.24, 2.45) is 0 Å². The van der Waals surface area contributed by atoms with E-state index in [-0.39, 0.29) is 23.8 Å². The number of aryl methyl sites for hydroxylation is 1. The van der Waals surface area contributed by atoms with Gasteiger partial charge in [-0.1, -0.05) is 6.07 Å². The summed E-state index contributed by atoms with van der Waals surface area (Å²) >= 11 is 0. The van der Waals surface area contributed by atoms with E-state index in [0.29, 0.717) is 0 Å². The molecule has 0 saturated carbocycles. The quantitative estimate of drug-likeness (QED) is 0.731. The second-order valence-electron chi connectivity index (χ2n) is 4.50. The van der Waals surface area contributed by atoms with Crippen molar-refractivity contribution in [3.63, 3.8) is 0 Å². The summed E-state index contributed by atoms with van der Waals surface area (Å²) < 4.78 is 25.9. The molecule has 1 fully saturated rings. The van der Waals surface area contributed by atoms with Crippen LogP contribution in [0, 0.1) is 6.92 Å². The van der Waals surface area contributed by atoms with E-state index in [1.54, 1.807) is 19.1 Å². The molecule has 1 amide bonds. The lowest BCUT2D eigenvalue weighted by atomic mass is 10.1. The van der Waals surface area contributed by atoms with Gasteiger partial charge in [0.15, 0.2) is 0 Å². The zero-order chi connectivity index (χ0) is 13.3. The van der Waals surface area contributed by atoms with Crippen LogP contribution < -0.4 is 10.6 Å². The summed E-state index contributed by atoms with van der Waals surface area (Å²) in [5, 5.41) is 14.4. The molecule has 2 rings (SSSR count). The molecule has 106 valence electrons. The van der Waals surface area contributed by atoms with E-state index in [2.05, 4.69) is 10.6 Å². The Hall–Kier alpha value is -1.40. The largest absolute Gasteiger partial charge is 0.506 e. The maximum Gasteiger partial charge on any atom is 0.262 e. The highest BCUT2D eigenvalue weighted by Gasteiger charge is 2.42. The predicted molar refractivity (Wildman–Crippen MR) is 70.1 cm³/mol. The Bertz CT molecular complexity index is 483. The predicted octanol–water partition coefficient (Wildman–Crippen LogP) is 2.06. The monoisotopic (exact) mass is 292 g/mol. The minimum atomic E-state index is -2.85. The van der Waals surface area contributed by atoms with Crippen LogP contribution in [0.2, 0.25) is 0 Å². The van der Waals surface area contributed by atoms with Crippen molar-refractivity contribution < 1.29 is 18.7 Å². The van der Waals surface area contributed by atoms with Gasteiger partial charge in [0.05, 0.1) is 18.3 Å². The third-order valence-electron chi connectivity index (χ3n) is 2.84. The van der Waals surface area contributed by atoms with Gasteiger partial charge in [-0.3, -0.25) is 10.1 Å². The third kappa shape index (κ3) is 3.78. The maximum absolute atomic E-state index is 12.9. The number of carbonyl (C=O) groups excluding carboxylic acids is 1. The van der Waals surface area contributed by atoms with Crippen molar-refractivity contribution >= 4 is 24.0 Å². The molecule has 4 nitrogen and oxygen atoms in total. The van der Waals surface area contributed by atoms with Crippen molar-refractivity contribution in [2.75, 3.05) is 11.9 Å². The van der Waals surface area contributed by atoms with E-state index < -0.39 is 30.8 Å². The molecule has 1 aromatic carbocycles. The lowest BCUT2D eigenvalue weighted by Gasteiger charge is -2.12. The van der Waals surface area contributed by atoms with Crippen molar-refractivity contribution in [1.82, 2.24) is 5.32 Å². The van der Waals surface area contributed by atoms with E-state index in [0.717, 1.165) is 5.56 Å². The summed E-state index contributed by atoms with van der Waals surface area (Å²) in [5.41, 5.74) is 1.09. The Morgan fingerprint density at radius 1 is 1.53 bits per heavy atom. The summed E-state index contributed by atoms with van der Waals surface area (Å²) in [7, 11) is 0. The SMILES string of the molecule is Cc1ccc(O)c(NC(=O)C2CC(F)(F)CN2)c1.Cl. The molecule has 1 atom stereocenters. The average molecular weight is 293 g/mol. The molecule has 7 heteroatoms. The minimum absolute atomic E-state index is 0. The molecule has 19 heavy (non-hydrogen) atoms. The molecule has 0 aromatic heterocycles. The van der Waals surface area contributed by atoms with Crippen molar-refractivity contribution in [3.05, 3.63) is 23.8 Å². The molecule has 1 unspecified atom stereocenters.